The van der Waals surface area contributed by atoms with E-state index in [0.717, 1.165) is 0 Å². The highest BCUT2D eigenvalue weighted by Crippen LogP contribution is 2.47. The Balaban J connectivity index is 1.80. The van der Waals surface area contributed by atoms with Crippen LogP contribution in [0, 0.1) is 0 Å². The van der Waals surface area contributed by atoms with Crippen molar-refractivity contribution in [3.8, 4) is 0 Å². The second-order valence-electron chi connectivity index (χ2n) is 7.81. The Kier molecular flexibility index (Phi) is 4.83. The Morgan fingerprint density at radius 2 is 1.76 bits per heavy atom. The smallest absolute Gasteiger partial charge is 0.335 e. The molecule has 0 fully saturated rings. The molecule has 1 atom stereocenters. The van der Waals surface area contributed by atoms with Crippen LogP contribution >= 0.6 is 0 Å². The molecular weight excluding hydrogens is 426 g/mol. The van der Waals surface area contributed by atoms with Crippen LogP contribution in [0.25, 0.3) is 5.70 Å². The lowest BCUT2D eigenvalue weighted by molar-refractivity contribution is 0.0696. The van der Waals surface area contributed by atoms with Gasteiger partial charge in [0.25, 0.3) is 5.56 Å². The van der Waals surface area contributed by atoms with E-state index in [0.29, 0.717) is 28.0 Å². The van der Waals surface area contributed by atoms with Crippen LogP contribution in [0.2, 0.25) is 0 Å². The molecule has 5 rings (SSSR count). The molecule has 9 heteroatoms. The summed E-state index contributed by atoms with van der Waals surface area (Å²) in [5.41, 5.74) is 1.76. The van der Waals surface area contributed by atoms with Crippen molar-refractivity contribution < 1.29 is 19.4 Å². The number of rotatable bonds is 5. The number of hydrogen-bond donors (Lipinski definition) is 3. The molecule has 2 aromatic carbocycles. The number of carbonyl (C=O) groups excluding carboxylic acids is 1. The van der Waals surface area contributed by atoms with Crippen LogP contribution in [0.4, 0.5) is 5.82 Å². The van der Waals surface area contributed by atoms with Gasteiger partial charge in [-0.2, -0.15) is 0 Å². The van der Waals surface area contributed by atoms with Crippen LogP contribution in [-0.4, -0.2) is 40.1 Å². The summed E-state index contributed by atoms with van der Waals surface area (Å²) in [4.78, 5) is 52.8. The minimum absolute atomic E-state index is 0.0853. The van der Waals surface area contributed by atoms with Crippen molar-refractivity contribution in [1.29, 1.82) is 0 Å². The monoisotopic (exact) mass is 445 g/mol. The highest BCUT2D eigenvalue weighted by Gasteiger charge is 2.42. The Hall–Kier alpha value is -4.24. The molecule has 0 unspecified atom stereocenters. The molecule has 1 aliphatic heterocycles. The highest BCUT2D eigenvalue weighted by molar-refractivity contribution is 6.23. The topological polar surface area (TPSA) is 130 Å². The van der Waals surface area contributed by atoms with Gasteiger partial charge in [0.15, 0.2) is 5.78 Å². The number of aromatic nitrogens is 2. The van der Waals surface area contributed by atoms with Crippen molar-refractivity contribution in [3.63, 3.8) is 0 Å². The second kappa shape index (κ2) is 7.72. The van der Waals surface area contributed by atoms with Gasteiger partial charge in [-0.25, -0.2) is 9.59 Å². The molecule has 1 aliphatic carbocycles. The normalized spacial score (nSPS) is 16.2. The maximum Gasteiger partial charge on any atom is 0.335 e. The van der Waals surface area contributed by atoms with Gasteiger partial charge >= 0.3 is 11.7 Å². The highest BCUT2D eigenvalue weighted by atomic mass is 16.5. The number of allylic oxidation sites excluding steroid dienone is 1. The third-order valence-electron chi connectivity index (χ3n) is 6.02. The number of carboxylic acids is 1. The van der Waals surface area contributed by atoms with Crippen LogP contribution in [0.1, 0.15) is 43.3 Å². The summed E-state index contributed by atoms with van der Waals surface area (Å²) >= 11 is 0. The van der Waals surface area contributed by atoms with Gasteiger partial charge in [0.05, 0.1) is 30.0 Å². The molecule has 3 N–H and O–H groups in total. The van der Waals surface area contributed by atoms with Crippen LogP contribution in [0.3, 0.4) is 0 Å². The van der Waals surface area contributed by atoms with Crippen LogP contribution < -0.4 is 16.6 Å². The van der Waals surface area contributed by atoms with E-state index in [1.54, 1.807) is 24.3 Å². The molecule has 0 amide bonds. The summed E-state index contributed by atoms with van der Waals surface area (Å²) in [5.74, 6) is -1.81. The van der Waals surface area contributed by atoms with E-state index in [2.05, 4.69) is 10.3 Å². The van der Waals surface area contributed by atoms with Crippen LogP contribution in [0.5, 0.6) is 0 Å². The maximum absolute atomic E-state index is 13.4. The Bertz CT molecular complexity index is 1460. The average molecular weight is 445 g/mol. The van der Waals surface area contributed by atoms with Crippen molar-refractivity contribution in [3.05, 3.63) is 103 Å². The fourth-order valence-electron chi connectivity index (χ4n) is 4.51. The predicted molar refractivity (Wildman–Crippen MR) is 120 cm³/mol. The number of aromatic amines is 1. The van der Waals surface area contributed by atoms with E-state index >= 15 is 0 Å². The van der Waals surface area contributed by atoms with Crippen molar-refractivity contribution in [2.24, 2.45) is 0 Å². The van der Waals surface area contributed by atoms with Gasteiger partial charge in [-0.15, -0.1) is 0 Å². The number of nitrogens with one attached hydrogen (secondary N) is 2. The molecule has 0 radical (unpaired) electrons. The number of anilines is 1. The lowest BCUT2D eigenvalue weighted by atomic mass is 9.81. The molecule has 0 saturated carbocycles. The van der Waals surface area contributed by atoms with Crippen molar-refractivity contribution in [2.75, 3.05) is 19.0 Å². The van der Waals surface area contributed by atoms with Crippen molar-refractivity contribution in [2.45, 2.75) is 12.5 Å². The maximum atomic E-state index is 13.4. The minimum atomic E-state index is -1.08. The Morgan fingerprint density at radius 3 is 2.42 bits per heavy atom. The first kappa shape index (κ1) is 20.7. The van der Waals surface area contributed by atoms with Gasteiger partial charge in [-0.3, -0.25) is 19.1 Å². The summed E-state index contributed by atoms with van der Waals surface area (Å²) < 4.78 is 6.51. The van der Waals surface area contributed by atoms with Gasteiger partial charge < -0.3 is 15.2 Å². The number of methoxy groups -OCH3 is 1. The molecule has 0 bridgehead atoms. The van der Waals surface area contributed by atoms with E-state index in [4.69, 9.17) is 4.74 Å². The number of H-pyrrole nitrogens is 1. The van der Waals surface area contributed by atoms with E-state index in [9.17, 15) is 24.3 Å². The molecule has 3 aromatic rings. The average Bonchev–Trinajstić information content (AvgIpc) is 3.10. The van der Waals surface area contributed by atoms with Gasteiger partial charge in [0, 0.05) is 29.7 Å². The van der Waals surface area contributed by atoms with Crippen LogP contribution in [-0.2, 0) is 11.3 Å². The number of fused-ring (bicyclic) bond motifs is 3. The van der Waals surface area contributed by atoms with Crippen molar-refractivity contribution in [1.82, 2.24) is 9.55 Å². The van der Waals surface area contributed by atoms with E-state index < -0.39 is 23.1 Å². The van der Waals surface area contributed by atoms with Crippen LogP contribution in [0.15, 0.2) is 63.7 Å². The molecule has 9 nitrogen and oxygen atoms in total. The predicted octanol–water partition coefficient (Wildman–Crippen LogP) is 2.05. The minimum Gasteiger partial charge on any atom is -0.478 e. The standard InChI is InChI=1S/C24H19N3O6/c1-33-11-10-27-21-18(22(29)26-24(27)32)16(12-6-8-13(9-7-12)23(30)31)17-19(25-21)14-4-2-3-5-15(14)20(17)28/h2-9,16,25H,10-11H2,1H3,(H,30,31)(H,26,29,32)/t16-/m0/s1. The third kappa shape index (κ3) is 3.13. The fraction of sp³-hybridized carbons (Fsp3) is 0.167. The molecule has 33 heavy (non-hydrogen) atoms. The Morgan fingerprint density at radius 1 is 1.06 bits per heavy atom. The lowest BCUT2D eigenvalue weighted by Crippen LogP contribution is -2.38. The molecule has 2 heterocycles. The van der Waals surface area contributed by atoms with Gasteiger partial charge in [-0.1, -0.05) is 36.4 Å². The van der Waals surface area contributed by atoms with Crippen molar-refractivity contribution >= 4 is 23.3 Å². The number of benzene rings is 2. The van der Waals surface area contributed by atoms with E-state index in [-0.39, 0.29) is 35.9 Å². The number of carboxylic acid groups (broad SMARTS) is 1. The third-order valence-corrected chi connectivity index (χ3v) is 6.02. The number of aromatic carboxylic acids is 1. The zero-order valence-corrected chi connectivity index (χ0v) is 17.5. The largest absolute Gasteiger partial charge is 0.478 e. The molecule has 166 valence electrons. The first-order valence-corrected chi connectivity index (χ1v) is 10.3. The summed E-state index contributed by atoms with van der Waals surface area (Å²) in [6.07, 6.45) is 0. The molecule has 2 aliphatic rings. The SMILES string of the molecule is COCCn1c2c(c(=O)[nH]c1=O)[C@@H](c1ccc(C(=O)O)cc1)C1=C(N2)c2ccccc2C1=O. The first-order valence-electron chi connectivity index (χ1n) is 10.3. The second-order valence-corrected chi connectivity index (χ2v) is 7.81. The molecule has 0 saturated heterocycles. The molecule has 1 aromatic heterocycles. The van der Waals surface area contributed by atoms with Gasteiger partial charge in [0.1, 0.15) is 5.82 Å². The molecule has 0 spiro atoms. The number of hydrogen-bond acceptors (Lipinski definition) is 6. The van der Waals surface area contributed by atoms with E-state index in [1.165, 1.54) is 23.8 Å². The number of nitrogens with zero attached hydrogens (tertiary/aromatic N) is 1. The number of carbonyl (C=O) groups is 2. The van der Waals surface area contributed by atoms with Gasteiger partial charge in [-0.05, 0) is 17.7 Å². The zero-order valence-electron chi connectivity index (χ0n) is 17.5. The molecular formula is C24H19N3O6. The van der Waals surface area contributed by atoms with Gasteiger partial charge in [0.2, 0.25) is 0 Å². The fourth-order valence-corrected chi connectivity index (χ4v) is 4.51. The lowest BCUT2D eigenvalue weighted by Gasteiger charge is -2.29. The number of Topliss-reactive ketones (excluding diaryl/α,β-unsaturated/α-hetero) is 1. The zero-order chi connectivity index (χ0) is 23.3. The van der Waals surface area contributed by atoms with E-state index in [1.807, 2.05) is 12.1 Å². The Labute approximate surface area is 187 Å². The summed E-state index contributed by atoms with van der Waals surface area (Å²) in [7, 11) is 1.51. The summed E-state index contributed by atoms with van der Waals surface area (Å²) in [6.45, 7) is 0.420. The quantitative estimate of drug-likeness (QED) is 0.548. The number of ketones is 1. The number of ether oxygens (including phenoxy) is 1. The summed E-state index contributed by atoms with van der Waals surface area (Å²) in [5, 5.41) is 12.5. The first-order chi connectivity index (χ1) is 15.9. The summed E-state index contributed by atoms with van der Waals surface area (Å²) in [6, 6.07) is 13.1.